The summed E-state index contributed by atoms with van der Waals surface area (Å²) in [5, 5.41) is 9.59. The SMILES string of the molecule is CSc1ccccc1Oc1ccc([C@H](C)O)c(Br)c1. The molecule has 0 bridgehead atoms. The summed E-state index contributed by atoms with van der Waals surface area (Å²) in [4.78, 5) is 1.10. The third-order valence-corrected chi connectivity index (χ3v) is 4.18. The molecule has 1 atom stereocenters. The van der Waals surface area contributed by atoms with Crippen molar-refractivity contribution in [1.82, 2.24) is 0 Å². The first-order chi connectivity index (χ1) is 9.11. The van der Waals surface area contributed by atoms with Crippen molar-refractivity contribution in [2.45, 2.75) is 17.9 Å². The molecular formula is C15H15BrO2S. The first-order valence-electron chi connectivity index (χ1n) is 5.90. The van der Waals surface area contributed by atoms with Crippen LogP contribution < -0.4 is 4.74 Å². The molecule has 0 fully saturated rings. The second kappa shape index (κ2) is 6.46. The van der Waals surface area contributed by atoms with Crippen molar-refractivity contribution in [3.05, 3.63) is 52.5 Å². The lowest BCUT2D eigenvalue weighted by Gasteiger charge is -2.12. The Labute approximate surface area is 125 Å². The van der Waals surface area contributed by atoms with Gasteiger partial charge < -0.3 is 9.84 Å². The van der Waals surface area contributed by atoms with Crippen molar-refractivity contribution in [1.29, 1.82) is 0 Å². The zero-order valence-electron chi connectivity index (χ0n) is 10.8. The minimum atomic E-state index is -0.498. The lowest BCUT2D eigenvalue weighted by atomic mass is 10.1. The van der Waals surface area contributed by atoms with Gasteiger partial charge in [-0.25, -0.2) is 0 Å². The Morgan fingerprint density at radius 1 is 1.21 bits per heavy atom. The molecule has 0 amide bonds. The van der Waals surface area contributed by atoms with Crippen LogP contribution in [0.5, 0.6) is 11.5 Å². The Bertz CT molecular complexity index is 570. The fourth-order valence-electron chi connectivity index (χ4n) is 1.74. The average molecular weight is 339 g/mol. The fraction of sp³-hybridized carbons (Fsp3) is 0.200. The van der Waals surface area contributed by atoms with Crippen molar-refractivity contribution in [2.75, 3.05) is 6.26 Å². The Morgan fingerprint density at radius 3 is 2.58 bits per heavy atom. The van der Waals surface area contributed by atoms with E-state index in [1.54, 1.807) is 18.7 Å². The number of aliphatic hydroxyl groups excluding tert-OH is 1. The van der Waals surface area contributed by atoms with Crippen LogP contribution in [0.1, 0.15) is 18.6 Å². The normalized spacial score (nSPS) is 12.2. The van der Waals surface area contributed by atoms with Gasteiger partial charge in [-0.2, -0.15) is 0 Å². The first-order valence-corrected chi connectivity index (χ1v) is 7.92. The van der Waals surface area contributed by atoms with Gasteiger partial charge in [0.25, 0.3) is 0 Å². The smallest absolute Gasteiger partial charge is 0.140 e. The molecule has 1 N–H and O–H groups in total. The molecule has 19 heavy (non-hydrogen) atoms. The van der Waals surface area contributed by atoms with Gasteiger partial charge >= 0.3 is 0 Å². The van der Waals surface area contributed by atoms with Gasteiger partial charge in [-0.05, 0) is 43.0 Å². The van der Waals surface area contributed by atoms with Crippen LogP contribution in [0.3, 0.4) is 0 Å². The summed E-state index contributed by atoms with van der Waals surface area (Å²) in [5.41, 5.74) is 0.852. The maximum atomic E-state index is 9.59. The Kier molecular flexibility index (Phi) is 4.91. The van der Waals surface area contributed by atoms with Crippen LogP contribution in [0, 0.1) is 0 Å². The number of halogens is 1. The van der Waals surface area contributed by atoms with E-state index in [0.29, 0.717) is 0 Å². The maximum Gasteiger partial charge on any atom is 0.140 e. The highest BCUT2D eigenvalue weighted by Crippen LogP contribution is 2.34. The number of hydrogen-bond donors (Lipinski definition) is 1. The van der Waals surface area contributed by atoms with Crippen molar-refractivity contribution < 1.29 is 9.84 Å². The van der Waals surface area contributed by atoms with E-state index in [4.69, 9.17) is 4.74 Å². The molecular weight excluding hydrogens is 324 g/mol. The predicted octanol–water partition coefficient (Wildman–Crippen LogP) is 5.02. The zero-order valence-corrected chi connectivity index (χ0v) is 13.2. The van der Waals surface area contributed by atoms with E-state index in [1.807, 2.05) is 48.7 Å². The molecule has 2 rings (SSSR count). The van der Waals surface area contributed by atoms with Crippen LogP contribution in [0.4, 0.5) is 0 Å². The molecule has 0 unspecified atom stereocenters. The van der Waals surface area contributed by atoms with Crippen LogP contribution in [0.25, 0.3) is 0 Å². The van der Waals surface area contributed by atoms with E-state index < -0.39 is 6.10 Å². The number of ether oxygens (including phenoxy) is 1. The number of rotatable bonds is 4. The maximum absolute atomic E-state index is 9.59. The Balaban J connectivity index is 2.26. The molecule has 0 heterocycles. The van der Waals surface area contributed by atoms with Crippen molar-refractivity contribution in [3.8, 4) is 11.5 Å². The molecule has 0 aliphatic heterocycles. The molecule has 0 radical (unpaired) electrons. The van der Waals surface area contributed by atoms with Crippen molar-refractivity contribution in [2.24, 2.45) is 0 Å². The third-order valence-electron chi connectivity index (χ3n) is 2.72. The molecule has 100 valence electrons. The van der Waals surface area contributed by atoms with E-state index in [1.165, 1.54) is 0 Å². The number of benzene rings is 2. The highest BCUT2D eigenvalue weighted by Gasteiger charge is 2.09. The fourth-order valence-corrected chi connectivity index (χ4v) is 2.95. The summed E-state index contributed by atoms with van der Waals surface area (Å²) in [7, 11) is 0. The molecule has 2 aromatic rings. The molecule has 0 aliphatic rings. The molecule has 2 aromatic carbocycles. The number of thioether (sulfide) groups is 1. The van der Waals surface area contributed by atoms with E-state index in [-0.39, 0.29) is 0 Å². The minimum Gasteiger partial charge on any atom is -0.456 e. The predicted molar refractivity (Wildman–Crippen MR) is 83.1 cm³/mol. The van der Waals surface area contributed by atoms with Gasteiger partial charge in [-0.3, -0.25) is 0 Å². The summed E-state index contributed by atoms with van der Waals surface area (Å²) in [5.74, 6) is 1.59. The molecule has 0 aliphatic carbocycles. The van der Waals surface area contributed by atoms with Gasteiger partial charge in [0.1, 0.15) is 11.5 Å². The van der Waals surface area contributed by atoms with Gasteiger partial charge in [0.05, 0.1) is 6.10 Å². The molecule has 0 saturated carbocycles. The monoisotopic (exact) mass is 338 g/mol. The summed E-state index contributed by atoms with van der Waals surface area (Å²) in [6, 6.07) is 13.5. The second-order valence-corrected chi connectivity index (χ2v) is 5.81. The Morgan fingerprint density at radius 2 is 1.95 bits per heavy atom. The number of para-hydroxylation sites is 1. The van der Waals surface area contributed by atoms with Gasteiger partial charge in [0.2, 0.25) is 0 Å². The molecule has 4 heteroatoms. The topological polar surface area (TPSA) is 29.5 Å². The van der Waals surface area contributed by atoms with E-state index in [2.05, 4.69) is 15.9 Å². The number of aliphatic hydroxyl groups is 1. The summed E-state index contributed by atoms with van der Waals surface area (Å²) in [6.07, 6.45) is 1.52. The van der Waals surface area contributed by atoms with Gasteiger partial charge in [0, 0.05) is 9.37 Å². The number of hydrogen-bond acceptors (Lipinski definition) is 3. The standard InChI is InChI=1S/C15H15BrO2S/c1-10(17)12-8-7-11(9-13(12)16)18-14-5-3-4-6-15(14)19-2/h3-10,17H,1-2H3/t10-/m0/s1. The molecule has 0 saturated heterocycles. The van der Waals surface area contributed by atoms with Crippen molar-refractivity contribution >= 4 is 27.7 Å². The summed E-state index contributed by atoms with van der Waals surface area (Å²) < 4.78 is 6.73. The largest absolute Gasteiger partial charge is 0.456 e. The van der Waals surface area contributed by atoms with Gasteiger partial charge in [-0.15, -0.1) is 11.8 Å². The minimum absolute atomic E-state index is 0.498. The van der Waals surface area contributed by atoms with Crippen LogP contribution in [-0.4, -0.2) is 11.4 Å². The average Bonchev–Trinajstić information content (AvgIpc) is 2.39. The van der Waals surface area contributed by atoms with Crippen LogP contribution in [0.2, 0.25) is 0 Å². The zero-order chi connectivity index (χ0) is 13.8. The third kappa shape index (κ3) is 3.53. The highest BCUT2D eigenvalue weighted by molar-refractivity contribution is 9.10. The quantitative estimate of drug-likeness (QED) is 0.794. The summed E-state index contributed by atoms with van der Waals surface area (Å²) in [6.45, 7) is 1.74. The molecule has 0 spiro atoms. The first kappa shape index (κ1) is 14.4. The lowest BCUT2D eigenvalue weighted by Crippen LogP contribution is -1.93. The van der Waals surface area contributed by atoms with E-state index >= 15 is 0 Å². The van der Waals surface area contributed by atoms with Crippen LogP contribution in [-0.2, 0) is 0 Å². The molecule has 2 nitrogen and oxygen atoms in total. The van der Waals surface area contributed by atoms with E-state index in [9.17, 15) is 5.11 Å². The lowest BCUT2D eigenvalue weighted by molar-refractivity contribution is 0.198. The van der Waals surface area contributed by atoms with Crippen LogP contribution in [0.15, 0.2) is 51.8 Å². The molecule has 0 aromatic heterocycles. The van der Waals surface area contributed by atoms with Crippen LogP contribution >= 0.6 is 27.7 Å². The van der Waals surface area contributed by atoms with E-state index in [0.717, 1.165) is 26.4 Å². The second-order valence-electron chi connectivity index (χ2n) is 4.11. The summed E-state index contributed by atoms with van der Waals surface area (Å²) >= 11 is 5.10. The van der Waals surface area contributed by atoms with Crippen molar-refractivity contribution in [3.63, 3.8) is 0 Å². The van der Waals surface area contributed by atoms with Gasteiger partial charge in [0.15, 0.2) is 0 Å². The highest BCUT2D eigenvalue weighted by atomic mass is 79.9. The Hall–Kier alpha value is -0.970. The van der Waals surface area contributed by atoms with Gasteiger partial charge in [-0.1, -0.05) is 34.1 Å².